The van der Waals surface area contributed by atoms with Crippen LogP contribution in [0, 0.1) is 5.41 Å². The van der Waals surface area contributed by atoms with E-state index in [0.29, 0.717) is 0 Å². The Hall–Kier alpha value is -0.330. The SMILES string of the molecule is CCC/C(=C(\C)F)C(C)(C)C. The van der Waals surface area contributed by atoms with Gasteiger partial charge in [0, 0.05) is 0 Å². The van der Waals surface area contributed by atoms with Crippen LogP contribution in [0.3, 0.4) is 0 Å². The number of halogens is 1. The average molecular weight is 158 g/mol. The van der Waals surface area contributed by atoms with Gasteiger partial charge in [-0.1, -0.05) is 34.1 Å². The van der Waals surface area contributed by atoms with Crippen molar-refractivity contribution in [2.75, 3.05) is 0 Å². The molecule has 11 heavy (non-hydrogen) atoms. The molecule has 0 aliphatic rings. The summed E-state index contributed by atoms with van der Waals surface area (Å²) >= 11 is 0. The number of hydrogen-bond acceptors (Lipinski definition) is 0. The maximum Gasteiger partial charge on any atom is 0.0966 e. The molecule has 0 aromatic carbocycles. The fourth-order valence-electron chi connectivity index (χ4n) is 1.31. The van der Waals surface area contributed by atoms with Crippen LogP contribution in [0.25, 0.3) is 0 Å². The van der Waals surface area contributed by atoms with Crippen molar-refractivity contribution in [3.63, 3.8) is 0 Å². The molecule has 66 valence electrons. The topological polar surface area (TPSA) is 0 Å². The van der Waals surface area contributed by atoms with Crippen LogP contribution in [0.15, 0.2) is 11.4 Å². The third-order valence-electron chi connectivity index (χ3n) is 1.82. The Morgan fingerprint density at radius 3 is 1.82 bits per heavy atom. The molecule has 0 unspecified atom stereocenters. The molecule has 0 amide bonds. The molecule has 0 radical (unpaired) electrons. The van der Waals surface area contributed by atoms with Crippen LogP contribution in [0.1, 0.15) is 47.5 Å². The number of rotatable bonds is 2. The van der Waals surface area contributed by atoms with Gasteiger partial charge in [0.25, 0.3) is 0 Å². The Bertz CT molecular complexity index is 145. The van der Waals surface area contributed by atoms with E-state index in [1.54, 1.807) is 6.92 Å². The molecule has 0 saturated heterocycles. The van der Waals surface area contributed by atoms with Crippen LogP contribution in [-0.4, -0.2) is 0 Å². The summed E-state index contributed by atoms with van der Waals surface area (Å²) in [6.07, 6.45) is 1.90. The van der Waals surface area contributed by atoms with Gasteiger partial charge in [-0.25, -0.2) is 4.39 Å². The first-order valence-electron chi connectivity index (χ1n) is 4.25. The minimum absolute atomic E-state index is 0.000602. The second-order valence-corrected chi connectivity index (χ2v) is 4.01. The maximum absolute atomic E-state index is 12.9. The molecule has 0 aromatic rings. The van der Waals surface area contributed by atoms with Gasteiger partial charge in [0.1, 0.15) is 0 Å². The van der Waals surface area contributed by atoms with Crippen molar-refractivity contribution in [1.29, 1.82) is 0 Å². The van der Waals surface area contributed by atoms with Gasteiger partial charge >= 0.3 is 0 Å². The van der Waals surface area contributed by atoms with Crippen molar-refractivity contribution < 1.29 is 4.39 Å². The largest absolute Gasteiger partial charge is 0.212 e. The van der Waals surface area contributed by atoms with E-state index in [-0.39, 0.29) is 11.2 Å². The Morgan fingerprint density at radius 1 is 1.27 bits per heavy atom. The predicted octanol–water partition coefficient (Wildman–Crippen LogP) is 4.08. The number of hydrogen-bond donors (Lipinski definition) is 0. The molecular weight excluding hydrogens is 139 g/mol. The normalized spacial score (nSPS) is 14.7. The Kier molecular flexibility index (Phi) is 3.77. The second-order valence-electron chi connectivity index (χ2n) is 4.01. The summed E-state index contributed by atoms with van der Waals surface area (Å²) in [4.78, 5) is 0. The van der Waals surface area contributed by atoms with Crippen LogP contribution in [0.4, 0.5) is 4.39 Å². The van der Waals surface area contributed by atoms with Crippen molar-refractivity contribution in [2.24, 2.45) is 5.41 Å². The molecule has 0 N–H and O–H groups in total. The van der Waals surface area contributed by atoms with Crippen LogP contribution < -0.4 is 0 Å². The Morgan fingerprint density at radius 2 is 1.73 bits per heavy atom. The lowest BCUT2D eigenvalue weighted by Gasteiger charge is -2.22. The van der Waals surface area contributed by atoms with E-state index in [0.717, 1.165) is 18.4 Å². The number of allylic oxidation sites excluding steroid dienone is 2. The van der Waals surface area contributed by atoms with Crippen molar-refractivity contribution in [3.05, 3.63) is 11.4 Å². The summed E-state index contributed by atoms with van der Waals surface area (Å²) in [7, 11) is 0. The summed E-state index contributed by atoms with van der Waals surface area (Å²) in [5.41, 5.74) is 0.953. The summed E-state index contributed by atoms with van der Waals surface area (Å²) < 4.78 is 12.9. The van der Waals surface area contributed by atoms with Gasteiger partial charge < -0.3 is 0 Å². The quantitative estimate of drug-likeness (QED) is 0.568. The fraction of sp³-hybridized carbons (Fsp3) is 0.800. The monoisotopic (exact) mass is 158 g/mol. The molecule has 0 heterocycles. The summed E-state index contributed by atoms with van der Waals surface area (Å²) in [5, 5.41) is 0. The molecule has 0 nitrogen and oxygen atoms in total. The zero-order chi connectivity index (χ0) is 9.07. The standard InChI is InChI=1S/C10H19F/c1-6-7-9(8(2)11)10(3,4)5/h6-7H2,1-5H3/b9-8-. The van der Waals surface area contributed by atoms with Crippen molar-refractivity contribution in [2.45, 2.75) is 47.5 Å². The minimum atomic E-state index is -0.00512. The zero-order valence-corrected chi connectivity index (χ0v) is 8.29. The lowest BCUT2D eigenvalue weighted by atomic mass is 9.83. The minimum Gasteiger partial charge on any atom is -0.212 e. The third-order valence-corrected chi connectivity index (χ3v) is 1.82. The second kappa shape index (κ2) is 3.89. The summed E-state index contributed by atoms with van der Waals surface area (Å²) in [6.45, 7) is 9.80. The van der Waals surface area contributed by atoms with E-state index in [1.165, 1.54) is 0 Å². The zero-order valence-electron chi connectivity index (χ0n) is 8.29. The van der Waals surface area contributed by atoms with Crippen molar-refractivity contribution in [3.8, 4) is 0 Å². The molecule has 0 rings (SSSR count). The molecule has 0 aromatic heterocycles. The van der Waals surface area contributed by atoms with Gasteiger partial charge in [-0.3, -0.25) is 0 Å². The maximum atomic E-state index is 12.9. The van der Waals surface area contributed by atoms with Crippen LogP contribution in [0.5, 0.6) is 0 Å². The molecule has 0 saturated carbocycles. The molecule has 0 fully saturated rings. The van der Waals surface area contributed by atoms with E-state index in [9.17, 15) is 4.39 Å². The van der Waals surface area contributed by atoms with Crippen molar-refractivity contribution in [1.82, 2.24) is 0 Å². The highest BCUT2D eigenvalue weighted by atomic mass is 19.1. The van der Waals surface area contributed by atoms with E-state index < -0.39 is 0 Å². The van der Waals surface area contributed by atoms with Gasteiger partial charge in [-0.05, 0) is 24.3 Å². The van der Waals surface area contributed by atoms with E-state index in [1.807, 2.05) is 0 Å². The van der Waals surface area contributed by atoms with E-state index in [4.69, 9.17) is 0 Å². The molecule has 0 atom stereocenters. The van der Waals surface area contributed by atoms with Gasteiger partial charge in [0.05, 0.1) is 5.83 Å². The predicted molar refractivity (Wildman–Crippen MR) is 48.2 cm³/mol. The van der Waals surface area contributed by atoms with Gasteiger partial charge in [-0.15, -0.1) is 0 Å². The molecule has 0 aliphatic heterocycles. The third kappa shape index (κ3) is 3.54. The molecule has 0 aliphatic carbocycles. The fourth-order valence-corrected chi connectivity index (χ4v) is 1.31. The van der Waals surface area contributed by atoms with Crippen molar-refractivity contribution >= 4 is 0 Å². The molecule has 0 spiro atoms. The smallest absolute Gasteiger partial charge is 0.0966 e. The Labute approximate surface area is 69.5 Å². The highest BCUT2D eigenvalue weighted by molar-refractivity contribution is 5.13. The van der Waals surface area contributed by atoms with Gasteiger partial charge in [0.15, 0.2) is 0 Å². The van der Waals surface area contributed by atoms with E-state index >= 15 is 0 Å². The van der Waals surface area contributed by atoms with Gasteiger partial charge in [-0.2, -0.15) is 0 Å². The van der Waals surface area contributed by atoms with Crippen LogP contribution in [0.2, 0.25) is 0 Å². The molecular formula is C10H19F. The van der Waals surface area contributed by atoms with E-state index in [2.05, 4.69) is 27.7 Å². The molecule has 0 bridgehead atoms. The molecule has 1 heteroatoms. The Balaban J connectivity index is 4.50. The summed E-state index contributed by atoms with van der Waals surface area (Å²) in [6, 6.07) is 0. The average Bonchev–Trinajstić information content (AvgIpc) is 1.79. The highest BCUT2D eigenvalue weighted by Crippen LogP contribution is 2.31. The highest BCUT2D eigenvalue weighted by Gasteiger charge is 2.18. The van der Waals surface area contributed by atoms with Crippen LogP contribution >= 0.6 is 0 Å². The van der Waals surface area contributed by atoms with Crippen LogP contribution in [-0.2, 0) is 0 Å². The van der Waals surface area contributed by atoms with Gasteiger partial charge in [0.2, 0.25) is 0 Å². The first-order chi connectivity index (χ1) is 4.89. The lowest BCUT2D eigenvalue weighted by Crippen LogP contribution is -2.10. The first-order valence-corrected chi connectivity index (χ1v) is 4.25. The lowest BCUT2D eigenvalue weighted by molar-refractivity contribution is 0.448. The first kappa shape index (κ1) is 10.7. The summed E-state index contributed by atoms with van der Waals surface area (Å²) in [5.74, 6) is -0.000602.